The summed E-state index contributed by atoms with van der Waals surface area (Å²) >= 11 is 0. The van der Waals surface area contributed by atoms with Gasteiger partial charge in [-0.1, -0.05) is 54.6 Å². The first kappa shape index (κ1) is 27.4. The number of nitrogens with one attached hydrogen (secondary N) is 3. The summed E-state index contributed by atoms with van der Waals surface area (Å²) in [5.41, 5.74) is 3.28. The van der Waals surface area contributed by atoms with Gasteiger partial charge in [0.15, 0.2) is 0 Å². The van der Waals surface area contributed by atoms with Gasteiger partial charge in [0, 0.05) is 31.2 Å². The molecule has 3 aromatic rings. The lowest BCUT2D eigenvalue weighted by Crippen LogP contribution is -2.55. The molecule has 0 aliphatic carbocycles. The third kappa shape index (κ3) is 8.19. The van der Waals surface area contributed by atoms with E-state index in [9.17, 15) is 18.4 Å². The minimum absolute atomic E-state index is 0.0216. The molecule has 2 aliphatic rings. The van der Waals surface area contributed by atoms with Crippen LogP contribution in [0.4, 0.5) is 8.78 Å². The van der Waals surface area contributed by atoms with E-state index in [0.29, 0.717) is 19.5 Å². The predicted molar refractivity (Wildman–Crippen MR) is 143 cm³/mol. The van der Waals surface area contributed by atoms with Crippen LogP contribution in [0.25, 0.3) is 0 Å². The second-order valence-corrected chi connectivity index (χ2v) is 9.84. The molecule has 0 spiro atoms. The summed E-state index contributed by atoms with van der Waals surface area (Å²) in [4.78, 5) is 25.3. The maximum Gasteiger partial charge on any atom is 0.234 e. The van der Waals surface area contributed by atoms with Gasteiger partial charge >= 0.3 is 0 Å². The zero-order valence-electron chi connectivity index (χ0n) is 21.5. The maximum atomic E-state index is 13.0. The molecule has 2 aliphatic heterocycles. The Balaban J connectivity index is 0.000000194. The fourth-order valence-electron chi connectivity index (χ4n) is 4.83. The molecule has 0 radical (unpaired) electrons. The molecule has 3 atom stereocenters. The van der Waals surface area contributed by atoms with Crippen LogP contribution < -0.4 is 16.0 Å². The van der Waals surface area contributed by atoms with Gasteiger partial charge in [-0.15, -0.1) is 0 Å². The Morgan fingerprint density at radius 1 is 0.789 bits per heavy atom. The average Bonchev–Trinajstić information content (AvgIpc) is 2.91. The van der Waals surface area contributed by atoms with E-state index in [1.165, 1.54) is 29.8 Å². The average molecular weight is 521 g/mol. The third-order valence-electron chi connectivity index (χ3n) is 6.83. The molecule has 5 rings (SSSR count). The Labute approximate surface area is 222 Å². The van der Waals surface area contributed by atoms with Gasteiger partial charge in [0.2, 0.25) is 11.8 Å². The minimum atomic E-state index is -0.235. The fraction of sp³-hybridized carbons (Fsp3) is 0.333. The Hall–Kier alpha value is -3.62. The highest BCUT2D eigenvalue weighted by atomic mass is 19.1. The molecule has 200 valence electrons. The number of carbonyl (C=O) groups excluding carboxylic acids is 2. The number of rotatable bonds is 6. The summed E-state index contributed by atoms with van der Waals surface area (Å²) in [6.45, 7) is 4.49. The Bertz CT molecular complexity index is 1190. The first-order valence-corrected chi connectivity index (χ1v) is 12.9. The summed E-state index contributed by atoms with van der Waals surface area (Å²) < 4.78 is 25.7. The van der Waals surface area contributed by atoms with E-state index in [1.807, 2.05) is 18.2 Å². The molecular formula is C30H34F2N4O2. The number of benzene rings is 3. The van der Waals surface area contributed by atoms with Crippen LogP contribution >= 0.6 is 0 Å². The van der Waals surface area contributed by atoms with Crippen LogP contribution in [0, 0.1) is 11.6 Å². The summed E-state index contributed by atoms with van der Waals surface area (Å²) in [5, 5.41) is 8.96. The molecule has 8 heteroatoms. The fourth-order valence-corrected chi connectivity index (χ4v) is 4.83. The third-order valence-corrected chi connectivity index (χ3v) is 6.83. The monoisotopic (exact) mass is 520 g/mol. The van der Waals surface area contributed by atoms with E-state index in [1.54, 1.807) is 24.3 Å². The van der Waals surface area contributed by atoms with Gasteiger partial charge in [-0.2, -0.15) is 0 Å². The van der Waals surface area contributed by atoms with Gasteiger partial charge in [-0.3, -0.25) is 14.5 Å². The first-order chi connectivity index (χ1) is 18.4. The number of hydrogen-bond acceptors (Lipinski definition) is 4. The van der Waals surface area contributed by atoms with Crippen molar-refractivity contribution in [3.05, 3.63) is 107 Å². The number of nitrogens with zero attached hydrogens (tertiary/aromatic N) is 1. The molecule has 2 heterocycles. The Morgan fingerprint density at radius 3 is 1.92 bits per heavy atom. The summed E-state index contributed by atoms with van der Waals surface area (Å²) in [5.74, 6) is -0.398. The lowest BCUT2D eigenvalue weighted by Gasteiger charge is -2.37. The molecule has 6 nitrogen and oxygen atoms in total. The van der Waals surface area contributed by atoms with Gasteiger partial charge in [0.25, 0.3) is 0 Å². The number of piperazine rings is 2. The van der Waals surface area contributed by atoms with Crippen LogP contribution in [0.15, 0.2) is 78.9 Å². The second kappa shape index (κ2) is 13.3. The lowest BCUT2D eigenvalue weighted by molar-refractivity contribution is -0.126. The number of halogens is 2. The van der Waals surface area contributed by atoms with Crippen molar-refractivity contribution in [1.29, 1.82) is 0 Å². The number of hydrogen-bond donors (Lipinski definition) is 3. The molecule has 2 amide bonds. The topological polar surface area (TPSA) is 73.5 Å². The molecular weight excluding hydrogens is 486 g/mol. The Kier molecular flexibility index (Phi) is 9.56. The van der Waals surface area contributed by atoms with Crippen molar-refractivity contribution < 1.29 is 18.4 Å². The van der Waals surface area contributed by atoms with Gasteiger partial charge < -0.3 is 16.0 Å². The molecule has 2 fully saturated rings. The van der Waals surface area contributed by atoms with Crippen molar-refractivity contribution in [2.45, 2.75) is 37.9 Å². The molecule has 3 aromatic carbocycles. The smallest absolute Gasteiger partial charge is 0.234 e. The van der Waals surface area contributed by atoms with Gasteiger partial charge in [-0.25, -0.2) is 8.78 Å². The molecule has 3 N–H and O–H groups in total. The van der Waals surface area contributed by atoms with Crippen LogP contribution in [-0.2, 0) is 22.4 Å². The van der Waals surface area contributed by atoms with Crippen molar-refractivity contribution >= 4 is 11.8 Å². The molecule has 38 heavy (non-hydrogen) atoms. The molecule has 0 aromatic heterocycles. The van der Waals surface area contributed by atoms with E-state index < -0.39 is 0 Å². The van der Waals surface area contributed by atoms with Crippen molar-refractivity contribution in [1.82, 2.24) is 20.9 Å². The Morgan fingerprint density at radius 2 is 1.34 bits per heavy atom. The van der Waals surface area contributed by atoms with E-state index in [2.05, 4.69) is 39.9 Å². The lowest BCUT2D eigenvalue weighted by atomic mass is 10.0. The second-order valence-electron chi connectivity index (χ2n) is 9.84. The van der Waals surface area contributed by atoms with Crippen LogP contribution in [0.3, 0.4) is 0 Å². The van der Waals surface area contributed by atoms with E-state index in [4.69, 9.17) is 0 Å². The highest BCUT2D eigenvalue weighted by Crippen LogP contribution is 2.22. The highest BCUT2D eigenvalue weighted by molar-refractivity contribution is 5.79. The molecule has 2 saturated heterocycles. The van der Waals surface area contributed by atoms with E-state index in [-0.39, 0.29) is 41.6 Å². The first-order valence-electron chi connectivity index (χ1n) is 12.9. The van der Waals surface area contributed by atoms with Crippen LogP contribution in [-0.4, -0.2) is 55.0 Å². The van der Waals surface area contributed by atoms with Crippen LogP contribution in [0.2, 0.25) is 0 Å². The van der Waals surface area contributed by atoms with Crippen LogP contribution in [0.1, 0.15) is 29.7 Å². The van der Waals surface area contributed by atoms with Gasteiger partial charge in [0.1, 0.15) is 11.6 Å². The largest absolute Gasteiger partial charge is 0.351 e. The van der Waals surface area contributed by atoms with Crippen molar-refractivity contribution in [3.63, 3.8) is 0 Å². The SMILES string of the molecule is C[C@H](c1ccccc1)N1CC(=O)N[C@@H](Cc2ccc(F)cc2)C1.O=C1CNC[C@H](Cc2ccc(F)cc2)N1. The quantitative estimate of drug-likeness (QED) is 0.466. The van der Waals surface area contributed by atoms with E-state index >= 15 is 0 Å². The summed E-state index contributed by atoms with van der Waals surface area (Å²) in [7, 11) is 0. The normalized spacial score (nSPS) is 20.5. The summed E-state index contributed by atoms with van der Waals surface area (Å²) in [6.07, 6.45) is 1.45. The van der Waals surface area contributed by atoms with Gasteiger partial charge in [0.05, 0.1) is 13.1 Å². The molecule has 0 saturated carbocycles. The highest BCUT2D eigenvalue weighted by Gasteiger charge is 2.28. The van der Waals surface area contributed by atoms with Crippen molar-refractivity contribution in [3.8, 4) is 0 Å². The zero-order valence-corrected chi connectivity index (χ0v) is 21.5. The maximum absolute atomic E-state index is 13.0. The van der Waals surface area contributed by atoms with Crippen molar-refractivity contribution in [2.75, 3.05) is 26.2 Å². The standard InChI is InChI=1S/C19H21FN2O.C11H13FN2O/c1-14(16-5-3-2-4-6-16)22-12-18(21-19(23)13-22)11-15-7-9-17(20)10-8-15;12-9-3-1-8(2-4-9)5-10-6-13-7-11(15)14-10/h2-10,14,18H,11-13H2,1H3,(H,21,23);1-4,10,13H,5-7H2,(H,14,15)/t14-,18+;10-/m10/s1. The minimum Gasteiger partial charge on any atom is -0.351 e. The van der Waals surface area contributed by atoms with Crippen LogP contribution in [0.5, 0.6) is 0 Å². The number of amides is 2. The predicted octanol–water partition coefficient (Wildman–Crippen LogP) is 3.39. The molecule has 0 unspecified atom stereocenters. The van der Waals surface area contributed by atoms with Gasteiger partial charge in [-0.05, 0) is 60.7 Å². The molecule has 0 bridgehead atoms. The zero-order chi connectivity index (χ0) is 26.9. The summed E-state index contributed by atoms with van der Waals surface area (Å²) in [6, 6.07) is 23.4. The van der Waals surface area contributed by atoms with E-state index in [0.717, 1.165) is 30.6 Å². The number of carbonyl (C=O) groups is 2. The van der Waals surface area contributed by atoms with Crippen molar-refractivity contribution in [2.24, 2.45) is 0 Å².